The normalized spacial score (nSPS) is 15.4. The van der Waals surface area contributed by atoms with Crippen LogP contribution >= 0.6 is 0 Å². The van der Waals surface area contributed by atoms with Crippen molar-refractivity contribution in [3.05, 3.63) is 210 Å². The Kier molecular flexibility index (Phi) is 5.49. The zero-order valence-corrected chi connectivity index (χ0v) is 28.3. The Bertz CT molecular complexity index is 3030. The second-order valence-corrected chi connectivity index (χ2v) is 14.4. The third kappa shape index (κ3) is 3.48. The van der Waals surface area contributed by atoms with Crippen molar-refractivity contribution in [2.24, 2.45) is 0 Å². The summed E-state index contributed by atoms with van der Waals surface area (Å²) in [7, 11) is 0. The van der Waals surface area contributed by atoms with Gasteiger partial charge in [-0.1, -0.05) is 146 Å². The summed E-state index contributed by atoms with van der Waals surface area (Å²) in [6.45, 7) is 0. The fourth-order valence-corrected chi connectivity index (χ4v) is 9.96. The molecule has 0 N–H and O–H groups in total. The highest BCUT2D eigenvalue weighted by Crippen LogP contribution is 2.64. The molecule has 1 heteroatoms. The Morgan fingerprint density at radius 3 is 1.67 bits per heavy atom. The van der Waals surface area contributed by atoms with E-state index in [2.05, 4.69) is 193 Å². The molecule has 52 heavy (non-hydrogen) atoms. The summed E-state index contributed by atoms with van der Waals surface area (Å²) in [4.78, 5) is 2.34. The average molecular weight is 658 g/mol. The van der Waals surface area contributed by atoms with Crippen molar-refractivity contribution in [1.29, 1.82) is 0 Å². The second-order valence-electron chi connectivity index (χ2n) is 14.4. The third-order valence-electron chi connectivity index (χ3n) is 12.0. The molecule has 1 atom stereocenters. The van der Waals surface area contributed by atoms with Crippen molar-refractivity contribution in [2.75, 3.05) is 4.90 Å². The summed E-state index contributed by atoms with van der Waals surface area (Å²) in [6.07, 6.45) is 0. The van der Waals surface area contributed by atoms with Crippen molar-refractivity contribution >= 4 is 60.2 Å². The van der Waals surface area contributed by atoms with Crippen LogP contribution in [0.3, 0.4) is 0 Å². The highest BCUT2D eigenvalue weighted by atomic mass is 15.1. The zero-order chi connectivity index (χ0) is 34.0. The van der Waals surface area contributed by atoms with Gasteiger partial charge in [-0.2, -0.15) is 0 Å². The van der Waals surface area contributed by atoms with Crippen molar-refractivity contribution in [2.45, 2.75) is 5.41 Å². The number of fused-ring (bicyclic) bond motifs is 8. The first-order valence-corrected chi connectivity index (χ1v) is 18.2. The number of hydrogen-bond donors (Lipinski definition) is 0. The minimum Gasteiger partial charge on any atom is -0.310 e. The van der Waals surface area contributed by atoms with E-state index in [1.807, 2.05) is 0 Å². The molecule has 0 aliphatic heterocycles. The largest absolute Gasteiger partial charge is 0.310 e. The molecule has 0 saturated carbocycles. The van der Waals surface area contributed by atoms with E-state index in [-0.39, 0.29) is 5.41 Å². The molecule has 0 saturated heterocycles. The van der Waals surface area contributed by atoms with Gasteiger partial charge in [-0.15, -0.1) is 0 Å². The van der Waals surface area contributed by atoms with Gasteiger partial charge in [-0.05, 0) is 130 Å². The van der Waals surface area contributed by atoms with Crippen LogP contribution in [-0.4, -0.2) is 0 Å². The number of nitrogens with zero attached hydrogens (tertiary/aromatic N) is 1. The highest BCUT2D eigenvalue weighted by molar-refractivity contribution is 6.36. The van der Waals surface area contributed by atoms with Crippen LogP contribution in [0.4, 0.5) is 17.1 Å². The van der Waals surface area contributed by atoms with Crippen LogP contribution in [0.5, 0.6) is 0 Å². The van der Waals surface area contributed by atoms with Gasteiger partial charge in [0.25, 0.3) is 0 Å². The molecule has 0 amide bonds. The summed E-state index contributed by atoms with van der Waals surface area (Å²) >= 11 is 0. The fourth-order valence-electron chi connectivity index (χ4n) is 9.96. The number of para-hydroxylation sites is 2. The van der Waals surface area contributed by atoms with Crippen LogP contribution in [0.1, 0.15) is 22.3 Å². The maximum atomic E-state index is 2.45. The lowest BCUT2D eigenvalue weighted by Crippen LogP contribution is -2.26. The minimum atomic E-state index is -0.386. The lowest BCUT2D eigenvalue weighted by atomic mass is 9.70. The molecule has 1 unspecified atom stereocenters. The molecule has 1 spiro atoms. The number of hydrogen-bond acceptors (Lipinski definition) is 1. The predicted molar refractivity (Wildman–Crippen MR) is 219 cm³/mol. The molecule has 10 aromatic carbocycles. The van der Waals surface area contributed by atoms with Gasteiger partial charge < -0.3 is 4.90 Å². The van der Waals surface area contributed by atoms with Crippen LogP contribution in [-0.2, 0) is 5.41 Å². The Morgan fingerprint density at radius 1 is 0.308 bits per heavy atom. The van der Waals surface area contributed by atoms with E-state index >= 15 is 0 Å². The van der Waals surface area contributed by atoms with Gasteiger partial charge in [0, 0.05) is 17.1 Å². The smallest absolute Gasteiger partial charge is 0.0726 e. The zero-order valence-electron chi connectivity index (χ0n) is 28.3. The number of anilines is 3. The standard InChI is InChI=1S/C51H31N/c1-3-14-36(15-4-1)52(37-16-5-2-6-17-37)38-18-9-13-34(30-38)35-27-28-44-42(31-35)39-19-7-8-22-43(39)51(44)45-23-11-21-41-40-20-10-12-32-24-25-33-26-29-46(51)50(49(41)45)48(33)47(32)40/h1-31H. The van der Waals surface area contributed by atoms with Crippen molar-refractivity contribution in [1.82, 2.24) is 0 Å². The average Bonchev–Trinajstić information content (AvgIpc) is 3.69. The molecule has 0 fully saturated rings. The van der Waals surface area contributed by atoms with E-state index in [1.54, 1.807) is 0 Å². The van der Waals surface area contributed by atoms with Crippen LogP contribution in [0.2, 0.25) is 0 Å². The summed E-state index contributed by atoms with van der Waals surface area (Å²) in [5.74, 6) is 0. The summed E-state index contributed by atoms with van der Waals surface area (Å²) in [5.41, 5.74) is 13.7. The van der Waals surface area contributed by atoms with E-state index in [1.165, 1.54) is 87.6 Å². The van der Waals surface area contributed by atoms with Gasteiger partial charge in [0.1, 0.15) is 0 Å². The van der Waals surface area contributed by atoms with E-state index in [0.29, 0.717) is 0 Å². The molecule has 240 valence electrons. The van der Waals surface area contributed by atoms with Crippen molar-refractivity contribution in [3.8, 4) is 22.3 Å². The van der Waals surface area contributed by atoms with Gasteiger partial charge in [0.05, 0.1) is 5.41 Å². The van der Waals surface area contributed by atoms with Gasteiger partial charge in [-0.3, -0.25) is 0 Å². The third-order valence-corrected chi connectivity index (χ3v) is 12.0. The van der Waals surface area contributed by atoms with Gasteiger partial charge in [0.15, 0.2) is 0 Å². The lowest BCUT2D eigenvalue weighted by molar-refractivity contribution is 0.797. The summed E-state index contributed by atoms with van der Waals surface area (Å²) in [5, 5.41) is 11.0. The first kappa shape index (κ1) is 28.0. The van der Waals surface area contributed by atoms with Crippen LogP contribution in [0, 0.1) is 0 Å². The Hall–Kier alpha value is -6.70. The lowest BCUT2D eigenvalue weighted by Gasteiger charge is -2.31. The first-order chi connectivity index (χ1) is 25.8. The number of benzene rings is 10. The fraction of sp³-hybridized carbons (Fsp3) is 0.0196. The second kappa shape index (κ2) is 10.2. The molecule has 2 aliphatic rings. The molecule has 0 heterocycles. The monoisotopic (exact) mass is 657 g/mol. The quantitative estimate of drug-likeness (QED) is 0.134. The summed E-state index contributed by atoms with van der Waals surface area (Å²) < 4.78 is 0. The van der Waals surface area contributed by atoms with E-state index in [0.717, 1.165) is 17.1 Å². The Balaban J connectivity index is 1.10. The van der Waals surface area contributed by atoms with Crippen LogP contribution in [0.15, 0.2) is 188 Å². The van der Waals surface area contributed by atoms with Crippen LogP contribution < -0.4 is 4.90 Å². The molecular formula is C51H31N. The van der Waals surface area contributed by atoms with Gasteiger partial charge >= 0.3 is 0 Å². The molecule has 0 aromatic heterocycles. The molecule has 0 bridgehead atoms. The molecule has 2 aliphatic carbocycles. The topological polar surface area (TPSA) is 3.24 Å². The van der Waals surface area contributed by atoms with Gasteiger partial charge in [-0.25, -0.2) is 0 Å². The molecular weight excluding hydrogens is 627 g/mol. The van der Waals surface area contributed by atoms with E-state index in [4.69, 9.17) is 0 Å². The van der Waals surface area contributed by atoms with E-state index in [9.17, 15) is 0 Å². The maximum absolute atomic E-state index is 2.45. The maximum Gasteiger partial charge on any atom is 0.0726 e. The molecule has 10 aromatic rings. The molecule has 12 rings (SSSR count). The molecule has 0 radical (unpaired) electrons. The SMILES string of the molecule is c1ccc(N(c2ccccc2)c2cccc(-c3ccc4c(c3)-c3ccccc3C43c4cccc5c6cccc7ccc8ccc3c(c45)c8c76)c2)cc1. The molecule has 1 nitrogen and oxygen atoms in total. The Morgan fingerprint density at radius 2 is 0.865 bits per heavy atom. The Labute approximate surface area is 302 Å². The highest BCUT2D eigenvalue weighted by Gasteiger charge is 2.51. The minimum absolute atomic E-state index is 0.386. The van der Waals surface area contributed by atoms with Crippen molar-refractivity contribution < 1.29 is 0 Å². The van der Waals surface area contributed by atoms with Crippen LogP contribution in [0.25, 0.3) is 65.3 Å². The van der Waals surface area contributed by atoms with E-state index < -0.39 is 0 Å². The predicted octanol–water partition coefficient (Wildman–Crippen LogP) is 13.6. The summed E-state index contributed by atoms with van der Waals surface area (Å²) in [6, 6.07) is 70.0. The first-order valence-electron chi connectivity index (χ1n) is 18.2. The van der Waals surface area contributed by atoms with Gasteiger partial charge in [0.2, 0.25) is 0 Å². The van der Waals surface area contributed by atoms with Crippen molar-refractivity contribution in [3.63, 3.8) is 0 Å². The number of rotatable bonds is 4.